The molecular formula is C20H23ClN2O5. The molecule has 1 aliphatic heterocycles. The number of aromatic hydroxyl groups is 1. The van der Waals surface area contributed by atoms with Crippen LogP contribution >= 0.6 is 11.6 Å². The van der Waals surface area contributed by atoms with Crippen molar-refractivity contribution in [2.75, 3.05) is 37.8 Å². The number of phenolic OH excluding ortho intramolecular Hbond substituents is 1. The number of anilines is 2. The predicted octanol–water partition coefficient (Wildman–Crippen LogP) is 3.17. The number of hydrogen-bond acceptors (Lipinski definition) is 6. The molecule has 1 heterocycles. The minimum Gasteiger partial charge on any atom is -0.508 e. The summed E-state index contributed by atoms with van der Waals surface area (Å²) in [6.07, 6.45) is 1.04. The zero-order valence-electron chi connectivity index (χ0n) is 16.0. The van der Waals surface area contributed by atoms with E-state index in [2.05, 4.69) is 10.6 Å². The standard InChI is InChI=1S/C20H23ClN2O5/c1-26-16-9-12-8-15(22-17(12)19(28-3)18(16)27-2)20(25)23-14-10-13(24)5-4-11(14)6-7-21/h4-5,9-10,15,22,24H,6-8H2,1-3H3,(H,23,25). The van der Waals surface area contributed by atoms with Gasteiger partial charge in [-0.05, 0) is 29.7 Å². The predicted molar refractivity (Wildman–Crippen MR) is 108 cm³/mol. The van der Waals surface area contributed by atoms with Crippen LogP contribution in [0.1, 0.15) is 11.1 Å². The molecule has 0 spiro atoms. The van der Waals surface area contributed by atoms with Gasteiger partial charge in [-0.2, -0.15) is 0 Å². The number of carbonyl (C=O) groups excluding carboxylic acids is 1. The summed E-state index contributed by atoms with van der Waals surface area (Å²) in [4.78, 5) is 12.9. The van der Waals surface area contributed by atoms with E-state index in [4.69, 9.17) is 25.8 Å². The van der Waals surface area contributed by atoms with Crippen LogP contribution in [0.3, 0.4) is 0 Å². The summed E-state index contributed by atoms with van der Waals surface area (Å²) in [5.41, 5.74) is 3.01. The van der Waals surface area contributed by atoms with E-state index in [0.29, 0.717) is 47.3 Å². The third-order valence-electron chi connectivity index (χ3n) is 4.69. The molecule has 0 fully saturated rings. The van der Waals surface area contributed by atoms with Gasteiger partial charge in [0.1, 0.15) is 11.8 Å². The minimum atomic E-state index is -0.507. The highest BCUT2D eigenvalue weighted by Crippen LogP contribution is 2.48. The lowest BCUT2D eigenvalue weighted by molar-refractivity contribution is -0.116. The molecule has 0 bridgehead atoms. The van der Waals surface area contributed by atoms with E-state index in [1.807, 2.05) is 6.07 Å². The van der Waals surface area contributed by atoms with Crippen LogP contribution in [0.5, 0.6) is 23.0 Å². The van der Waals surface area contributed by atoms with E-state index in [9.17, 15) is 9.90 Å². The number of hydrogen-bond donors (Lipinski definition) is 3. The molecule has 2 aromatic carbocycles. The molecule has 0 aliphatic carbocycles. The Hall–Kier alpha value is -2.80. The average molecular weight is 407 g/mol. The Kier molecular flexibility index (Phi) is 6.04. The Morgan fingerprint density at radius 3 is 2.61 bits per heavy atom. The summed E-state index contributed by atoms with van der Waals surface area (Å²) in [5, 5.41) is 15.9. The number of fused-ring (bicyclic) bond motifs is 1. The lowest BCUT2D eigenvalue weighted by Gasteiger charge is -2.17. The Morgan fingerprint density at radius 1 is 1.21 bits per heavy atom. The number of benzene rings is 2. The number of phenols is 1. The molecular weight excluding hydrogens is 384 g/mol. The summed E-state index contributed by atoms with van der Waals surface area (Å²) >= 11 is 5.84. The Labute approximate surface area is 168 Å². The van der Waals surface area contributed by atoms with Crippen LogP contribution in [0.25, 0.3) is 0 Å². The number of amides is 1. The Bertz CT molecular complexity index is 887. The van der Waals surface area contributed by atoms with Gasteiger partial charge in [-0.3, -0.25) is 4.79 Å². The van der Waals surface area contributed by atoms with Crippen molar-refractivity contribution < 1.29 is 24.1 Å². The maximum Gasteiger partial charge on any atom is 0.247 e. The molecule has 150 valence electrons. The number of rotatable bonds is 7. The molecule has 7 nitrogen and oxygen atoms in total. The first-order valence-corrected chi connectivity index (χ1v) is 9.32. The smallest absolute Gasteiger partial charge is 0.247 e. The van der Waals surface area contributed by atoms with Crippen molar-refractivity contribution in [2.24, 2.45) is 0 Å². The van der Waals surface area contributed by atoms with Crippen molar-refractivity contribution in [3.63, 3.8) is 0 Å². The molecule has 8 heteroatoms. The lowest BCUT2D eigenvalue weighted by Crippen LogP contribution is -2.33. The quantitative estimate of drug-likeness (QED) is 0.612. The molecule has 1 atom stereocenters. The van der Waals surface area contributed by atoms with Crippen LogP contribution in [-0.4, -0.2) is 44.3 Å². The average Bonchev–Trinajstić information content (AvgIpc) is 3.12. The zero-order chi connectivity index (χ0) is 20.3. The number of aryl methyl sites for hydroxylation is 1. The monoisotopic (exact) mass is 406 g/mol. The second-order valence-electron chi connectivity index (χ2n) is 6.35. The first-order valence-electron chi connectivity index (χ1n) is 8.79. The third kappa shape index (κ3) is 3.75. The Morgan fingerprint density at radius 2 is 1.96 bits per heavy atom. The number of halogens is 1. The molecule has 0 saturated heterocycles. The van der Waals surface area contributed by atoms with Gasteiger partial charge in [0.25, 0.3) is 0 Å². The third-order valence-corrected chi connectivity index (χ3v) is 4.87. The number of ether oxygens (including phenoxy) is 3. The Balaban J connectivity index is 1.85. The van der Waals surface area contributed by atoms with E-state index >= 15 is 0 Å². The fraction of sp³-hybridized carbons (Fsp3) is 0.350. The molecule has 0 radical (unpaired) electrons. The van der Waals surface area contributed by atoms with Gasteiger partial charge in [-0.15, -0.1) is 11.6 Å². The highest BCUT2D eigenvalue weighted by molar-refractivity contribution is 6.18. The van der Waals surface area contributed by atoms with Crippen molar-refractivity contribution in [3.8, 4) is 23.0 Å². The topological polar surface area (TPSA) is 89.0 Å². The number of alkyl halides is 1. The summed E-state index contributed by atoms with van der Waals surface area (Å²) in [5.74, 6) is 1.77. The molecule has 3 rings (SSSR count). The van der Waals surface area contributed by atoms with Gasteiger partial charge in [0.15, 0.2) is 11.5 Å². The van der Waals surface area contributed by atoms with Gasteiger partial charge in [-0.25, -0.2) is 0 Å². The highest BCUT2D eigenvalue weighted by atomic mass is 35.5. The molecule has 28 heavy (non-hydrogen) atoms. The zero-order valence-corrected chi connectivity index (χ0v) is 16.7. The van der Waals surface area contributed by atoms with Crippen molar-refractivity contribution >= 4 is 28.9 Å². The maximum absolute atomic E-state index is 12.9. The van der Waals surface area contributed by atoms with E-state index in [-0.39, 0.29) is 11.7 Å². The molecule has 3 N–H and O–H groups in total. The van der Waals surface area contributed by atoms with Gasteiger partial charge >= 0.3 is 0 Å². The largest absolute Gasteiger partial charge is 0.508 e. The second kappa shape index (κ2) is 8.48. The molecule has 0 aromatic heterocycles. The highest BCUT2D eigenvalue weighted by Gasteiger charge is 2.32. The van der Waals surface area contributed by atoms with Crippen LogP contribution in [0.2, 0.25) is 0 Å². The summed E-state index contributed by atoms with van der Waals surface area (Å²) in [7, 11) is 4.63. The van der Waals surface area contributed by atoms with E-state index in [0.717, 1.165) is 11.1 Å². The van der Waals surface area contributed by atoms with Crippen LogP contribution < -0.4 is 24.8 Å². The lowest BCUT2D eigenvalue weighted by atomic mass is 10.1. The van der Waals surface area contributed by atoms with Crippen LogP contribution in [0.4, 0.5) is 11.4 Å². The first kappa shape index (κ1) is 19.9. The van der Waals surface area contributed by atoms with Crippen molar-refractivity contribution in [2.45, 2.75) is 18.9 Å². The number of methoxy groups -OCH3 is 3. The van der Waals surface area contributed by atoms with Crippen molar-refractivity contribution in [1.82, 2.24) is 0 Å². The van der Waals surface area contributed by atoms with E-state index in [1.165, 1.54) is 20.3 Å². The van der Waals surface area contributed by atoms with Gasteiger partial charge in [0.05, 0.1) is 27.0 Å². The SMILES string of the molecule is COc1cc2c(c(OC)c1OC)NC(C(=O)Nc1cc(O)ccc1CCCl)C2. The van der Waals surface area contributed by atoms with Gasteiger partial charge in [0, 0.05) is 24.1 Å². The summed E-state index contributed by atoms with van der Waals surface area (Å²) in [6, 6.07) is 6.18. The first-order chi connectivity index (χ1) is 13.5. The summed E-state index contributed by atoms with van der Waals surface area (Å²) < 4.78 is 16.3. The van der Waals surface area contributed by atoms with Gasteiger partial charge < -0.3 is 30.0 Å². The number of nitrogens with one attached hydrogen (secondary N) is 2. The number of carbonyl (C=O) groups is 1. The van der Waals surface area contributed by atoms with Gasteiger partial charge in [-0.1, -0.05) is 6.07 Å². The van der Waals surface area contributed by atoms with E-state index < -0.39 is 6.04 Å². The normalized spacial score (nSPS) is 14.8. The van der Waals surface area contributed by atoms with Crippen LogP contribution in [0.15, 0.2) is 24.3 Å². The minimum absolute atomic E-state index is 0.0763. The summed E-state index contributed by atoms with van der Waals surface area (Å²) in [6.45, 7) is 0. The maximum atomic E-state index is 12.9. The fourth-order valence-electron chi connectivity index (χ4n) is 3.35. The molecule has 1 unspecified atom stereocenters. The molecule has 2 aromatic rings. The van der Waals surface area contributed by atoms with Gasteiger partial charge in [0.2, 0.25) is 11.7 Å². The van der Waals surface area contributed by atoms with Crippen molar-refractivity contribution in [3.05, 3.63) is 35.4 Å². The van der Waals surface area contributed by atoms with Crippen molar-refractivity contribution in [1.29, 1.82) is 0 Å². The second-order valence-corrected chi connectivity index (χ2v) is 6.73. The molecule has 1 aliphatic rings. The fourth-order valence-corrected chi connectivity index (χ4v) is 3.55. The molecule has 0 saturated carbocycles. The van der Waals surface area contributed by atoms with Crippen LogP contribution in [-0.2, 0) is 17.6 Å². The van der Waals surface area contributed by atoms with E-state index in [1.54, 1.807) is 19.2 Å². The molecule has 1 amide bonds. The van der Waals surface area contributed by atoms with Crippen LogP contribution in [0, 0.1) is 0 Å².